The molecular formula is C31H41BrN2O5. The van der Waals surface area contributed by atoms with Crippen molar-refractivity contribution in [2.24, 2.45) is 0 Å². The predicted octanol–water partition coefficient (Wildman–Crippen LogP) is 6.73. The average molecular weight is 602 g/mol. The third-order valence-corrected chi connectivity index (χ3v) is 8.41. The molecule has 0 radical (unpaired) electrons. The maximum absolute atomic E-state index is 12.8. The maximum Gasteiger partial charge on any atom is 0.410 e. The van der Waals surface area contributed by atoms with Crippen LogP contribution < -0.4 is 4.74 Å². The Morgan fingerprint density at radius 2 is 1.64 bits per heavy atom. The van der Waals surface area contributed by atoms with Crippen molar-refractivity contribution in [2.45, 2.75) is 84.2 Å². The molecule has 1 unspecified atom stereocenters. The summed E-state index contributed by atoms with van der Waals surface area (Å²) in [5, 5.41) is 24.0. The number of nitrogens with zero attached hydrogens (tertiary/aromatic N) is 2. The summed E-state index contributed by atoms with van der Waals surface area (Å²) in [6, 6.07) is 11.9. The Kier molecular flexibility index (Phi) is 8.14. The molecule has 0 aromatic heterocycles. The van der Waals surface area contributed by atoms with Gasteiger partial charge < -0.3 is 24.6 Å². The summed E-state index contributed by atoms with van der Waals surface area (Å²) >= 11 is 3.57. The Bertz CT molecular complexity index is 1230. The fraction of sp³-hybridized carbons (Fsp3) is 0.516. The molecule has 2 aliphatic heterocycles. The molecule has 0 bridgehead atoms. The SMILES string of the molecule is COc1ccc(CN2C3(CCN(C(=O)OC(C)(C)C)CC3)CC(O)=C(c3c(C)cc(Br)cc3C)C2(C)O)cc1. The van der Waals surface area contributed by atoms with E-state index in [4.69, 9.17) is 9.47 Å². The summed E-state index contributed by atoms with van der Waals surface area (Å²) in [7, 11) is 1.64. The van der Waals surface area contributed by atoms with Gasteiger partial charge in [-0.3, -0.25) is 4.90 Å². The first-order chi connectivity index (χ1) is 18.2. The summed E-state index contributed by atoms with van der Waals surface area (Å²) in [6.45, 7) is 12.8. The highest BCUT2D eigenvalue weighted by Gasteiger charge is 2.54. The van der Waals surface area contributed by atoms with Crippen LogP contribution in [0.25, 0.3) is 5.57 Å². The van der Waals surface area contributed by atoms with Crippen molar-refractivity contribution in [1.82, 2.24) is 9.80 Å². The van der Waals surface area contributed by atoms with Crippen LogP contribution >= 0.6 is 15.9 Å². The average Bonchev–Trinajstić information content (AvgIpc) is 2.83. The zero-order valence-corrected chi connectivity index (χ0v) is 25.7. The van der Waals surface area contributed by atoms with E-state index in [1.807, 2.05) is 71.0 Å². The van der Waals surface area contributed by atoms with E-state index in [-0.39, 0.29) is 11.9 Å². The van der Waals surface area contributed by atoms with Gasteiger partial charge >= 0.3 is 6.09 Å². The van der Waals surface area contributed by atoms with Crippen LogP contribution in [0.3, 0.4) is 0 Å². The molecule has 2 N–H and O–H groups in total. The monoisotopic (exact) mass is 600 g/mol. The Hall–Kier alpha value is -2.55. The number of piperidine rings is 1. The molecule has 2 aromatic rings. The number of amides is 1. The topological polar surface area (TPSA) is 82.5 Å². The van der Waals surface area contributed by atoms with E-state index in [1.165, 1.54) is 0 Å². The van der Waals surface area contributed by atoms with Crippen LogP contribution in [0, 0.1) is 13.8 Å². The molecule has 2 aromatic carbocycles. The smallest absolute Gasteiger partial charge is 0.410 e. The molecule has 4 rings (SSSR count). The van der Waals surface area contributed by atoms with Crippen molar-refractivity contribution < 1.29 is 24.5 Å². The molecule has 1 amide bonds. The van der Waals surface area contributed by atoms with Gasteiger partial charge in [0, 0.05) is 41.6 Å². The first-order valence-electron chi connectivity index (χ1n) is 13.5. The van der Waals surface area contributed by atoms with Crippen LogP contribution in [0.5, 0.6) is 5.75 Å². The molecule has 1 spiro atoms. The van der Waals surface area contributed by atoms with Crippen LogP contribution in [0.4, 0.5) is 4.79 Å². The Balaban J connectivity index is 1.76. The number of ether oxygens (including phenoxy) is 2. The van der Waals surface area contributed by atoms with Crippen molar-refractivity contribution in [1.29, 1.82) is 0 Å². The molecule has 0 aliphatic carbocycles. The number of aliphatic hydroxyl groups is 2. The van der Waals surface area contributed by atoms with Gasteiger partial charge in [-0.25, -0.2) is 4.79 Å². The minimum Gasteiger partial charge on any atom is -0.512 e. The van der Waals surface area contributed by atoms with Crippen molar-refractivity contribution in [2.75, 3.05) is 20.2 Å². The van der Waals surface area contributed by atoms with E-state index in [2.05, 4.69) is 20.8 Å². The van der Waals surface area contributed by atoms with Crippen molar-refractivity contribution in [3.63, 3.8) is 0 Å². The number of hydrogen-bond donors (Lipinski definition) is 2. The quantitative estimate of drug-likeness (QED) is 0.405. The normalized spacial score (nSPS) is 21.8. The molecule has 1 atom stereocenters. The number of hydrogen-bond acceptors (Lipinski definition) is 6. The van der Waals surface area contributed by atoms with Gasteiger partial charge in [0.05, 0.1) is 7.11 Å². The number of carbonyl (C=O) groups is 1. The third kappa shape index (κ3) is 5.98. The Morgan fingerprint density at radius 1 is 1.08 bits per heavy atom. The van der Waals surface area contributed by atoms with Gasteiger partial charge in [-0.05, 0) is 101 Å². The van der Waals surface area contributed by atoms with Gasteiger partial charge in [-0.1, -0.05) is 28.1 Å². The van der Waals surface area contributed by atoms with Gasteiger partial charge in [0.25, 0.3) is 0 Å². The number of aliphatic hydroxyl groups excluding tert-OH is 1. The second-order valence-corrected chi connectivity index (χ2v) is 13.0. The van der Waals surface area contributed by atoms with E-state index in [0.717, 1.165) is 32.5 Å². The van der Waals surface area contributed by atoms with Gasteiger partial charge in [-0.15, -0.1) is 0 Å². The van der Waals surface area contributed by atoms with Crippen LogP contribution in [0.2, 0.25) is 0 Å². The number of halogens is 1. The van der Waals surface area contributed by atoms with Crippen LogP contribution in [-0.2, 0) is 11.3 Å². The lowest BCUT2D eigenvalue weighted by Gasteiger charge is -2.57. The molecular weight excluding hydrogens is 560 g/mol. The fourth-order valence-corrected chi connectivity index (χ4v) is 6.85. The number of benzene rings is 2. The summed E-state index contributed by atoms with van der Waals surface area (Å²) in [5.41, 5.74) is 1.78. The minimum atomic E-state index is -1.47. The summed E-state index contributed by atoms with van der Waals surface area (Å²) in [5.74, 6) is 0.967. The largest absolute Gasteiger partial charge is 0.512 e. The maximum atomic E-state index is 12.8. The van der Waals surface area contributed by atoms with Gasteiger partial charge in [-0.2, -0.15) is 0 Å². The Morgan fingerprint density at radius 3 is 2.15 bits per heavy atom. The lowest BCUT2D eigenvalue weighted by Crippen LogP contribution is -2.65. The van der Waals surface area contributed by atoms with Gasteiger partial charge in [0.2, 0.25) is 0 Å². The fourth-order valence-electron chi connectivity index (χ4n) is 6.17. The predicted molar refractivity (Wildman–Crippen MR) is 157 cm³/mol. The van der Waals surface area contributed by atoms with Gasteiger partial charge in [0.1, 0.15) is 22.8 Å². The first-order valence-corrected chi connectivity index (χ1v) is 14.3. The van der Waals surface area contributed by atoms with E-state index >= 15 is 0 Å². The minimum absolute atomic E-state index is 0.199. The third-order valence-electron chi connectivity index (χ3n) is 7.95. The molecule has 7 nitrogen and oxygen atoms in total. The lowest BCUT2D eigenvalue weighted by molar-refractivity contribution is -0.142. The summed E-state index contributed by atoms with van der Waals surface area (Å²) in [4.78, 5) is 16.7. The number of likely N-dealkylation sites (tertiary alicyclic amines) is 1. The zero-order valence-electron chi connectivity index (χ0n) is 24.1. The Labute approximate surface area is 240 Å². The molecule has 1 fully saturated rings. The second-order valence-electron chi connectivity index (χ2n) is 12.1. The van der Waals surface area contributed by atoms with Crippen molar-refractivity contribution >= 4 is 27.6 Å². The molecule has 8 heteroatoms. The van der Waals surface area contributed by atoms with Crippen LogP contribution in [0.1, 0.15) is 69.2 Å². The number of aryl methyl sites for hydroxylation is 2. The van der Waals surface area contributed by atoms with Crippen molar-refractivity contribution in [3.05, 3.63) is 68.9 Å². The van der Waals surface area contributed by atoms with Crippen molar-refractivity contribution in [3.8, 4) is 5.75 Å². The first kappa shape index (κ1) is 29.4. The van der Waals surface area contributed by atoms with Crippen LogP contribution in [0.15, 0.2) is 46.6 Å². The van der Waals surface area contributed by atoms with Gasteiger partial charge in [0.15, 0.2) is 0 Å². The molecule has 0 saturated carbocycles. The molecule has 2 aliphatic rings. The number of rotatable bonds is 4. The summed E-state index contributed by atoms with van der Waals surface area (Å²) in [6.07, 6.45) is 1.23. The lowest BCUT2D eigenvalue weighted by atomic mass is 9.72. The molecule has 2 heterocycles. The standard InChI is InChI=1S/C31H41BrN2O5/c1-20-16-23(32)17-21(2)26(20)27-25(35)18-31(12-14-33(15-13-31)28(36)39-29(3,4)5)34(30(27,6)37)19-22-8-10-24(38-7)11-9-22/h8-11,16-17,35,37H,12-15,18-19H2,1-7H3. The zero-order chi connectivity index (χ0) is 28.8. The second kappa shape index (κ2) is 10.8. The highest BCUT2D eigenvalue weighted by atomic mass is 79.9. The number of methoxy groups -OCH3 is 1. The van der Waals surface area contributed by atoms with E-state index in [0.29, 0.717) is 44.5 Å². The van der Waals surface area contributed by atoms with E-state index < -0.39 is 16.9 Å². The molecule has 1 saturated heterocycles. The van der Waals surface area contributed by atoms with E-state index in [1.54, 1.807) is 18.9 Å². The molecule has 212 valence electrons. The summed E-state index contributed by atoms with van der Waals surface area (Å²) < 4.78 is 11.9. The molecule has 39 heavy (non-hydrogen) atoms. The van der Waals surface area contributed by atoms with E-state index in [9.17, 15) is 15.0 Å². The highest BCUT2D eigenvalue weighted by molar-refractivity contribution is 9.10. The highest BCUT2D eigenvalue weighted by Crippen LogP contribution is 2.50. The number of carbonyl (C=O) groups excluding carboxylic acids is 1. The van der Waals surface area contributed by atoms with Crippen LogP contribution in [-0.4, -0.2) is 63.2 Å².